The van der Waals surface area contributed by atoms with Gasteiger partial charge in [0, 0.05) is 25.0 Å². The first kappa shape index (κ1) is 10.4. The SMILES string of the molecule is CN(C)CCNc1nc(CN)cs1. The lowest BCUT2D eigenvalue weighted by Crippen LogP contribution is -2.20. The van der Waals surface area contributed by atoms with Gasteiger partial charge in [0.15, 0.2) is 5.13 Å². The molecule has 1 aromatic rings. The number of nitrogens with one attached hydrogen (secondary N) is 1. The molecule has 0 aliphatic heterocycles. The van der Waals surface area contributed by atoms with Gasteiger partial charge in [-0.3, -0.25) is 0 Å². The summed E-state index contributed by atoms with van der Waals surface area (Å²) < 4.78 is 0. The van der Waals surface area contributed by atoms with Crippen LogP contribution in [-0.2, 0) is 6.54 Å². The van der Waals surface area contributed by atoms with E-state index in [0.717, 1.165) is 23.9 Å². The summed E-state index contributed by atoms with van der Waals surface area (Å²) in [6.45, 7) is 2.45. The zero-order valence-electron chi connectivity index (χ0n) is 8.08. The Kier molecular flexibility index (Phi) is 4.14. The number of hydrogen-bond donors (Lipinski definition) is 2. The molecule has 0 saturated carbocycles. The van der Waals surface area contributed by atoms with Gasteiger partial charge in [0.25, 0.3) is 0 Å². The molecule has 0 aliphatic carbocycles. The standard InChI is InChI=1S/C8H16N4S/c1-12(2)4-3-10-8-11-7(5-9)6-13-8/h6H,3-5,9H2,1-2H3,(H,10,11). The highest BCUT2D eigenvalue weighted by atomic mass is 32.1. The summed E-state index contributed by atoms with van der Waals surface area (Å²) in [6.07, 6.45) is 0. The Morgan fingerprint density at radius 3 is 2.92 bits per heavy atom. The Hall–Kier alpha value is -0.650. The van der Waals surface area contributed by atoms with Gasteiger partial charge >= 0.3 is 0 Å². The highest BCUT2D eigenvalue weighted by Gasteiger charge is 1.98. The van der Waals surface area contributed by atoms with Crippen molar-refractivity contribution in [1.29, 1.82) is 0 Å². The number of rotatable bonds is 5. The van der Waals surface area contributed by atoms with E-state index in [1.165, 1.54) is 0 Å². The van der Waals surface area contributed by atoms with Crippen molar-refractivity contribution in [2.75, 3.05) is 32.5 Å². The lowest BCUT2D eigenvalue weighted by molar-refractivity contribution is 0.425. The molecule has 3 N–H and O–H groups in total. The van der Waals surface area contributed by atoms with Gasteiger partial charge in [-0.25, -0.2) is 4.98 Å². The molecule has 0 aromatic carbocycles. The summed E-state index contributed by atoms with van der Waals surface area (Å²) in [5.74, 6) is 0. The van der Waals surface area contributed by atoms with Gasteiger partial charge in [-0.15, -0.1) is 11.3 Å². The van der Waals surface area contributed by atoms with Gasteiger partial charge in [-0.2, -0.15) is 0 Å². The van der Waals surface area contributed by atoms with E-state index in [0.29, 0.717) is 6.54 Å². The van der Waals surface area contributed by atoms with Crippen molar-refractivity contribution in [3.05, 3.63) is 11.1 Å². The van der Waals surface area contributed by atoms with Gasteiger partial charge in [0.1, 0.15) is 0 Å². The van der Waals surface area contributed by atoms with Gasteiger partial charge in [-0.05, 0) is 14.1 Å². The van der Waals surface area contributed by atoms with Crippen LogP contribution in [0.1, 0.15) is 5.69 Å². The third-order valence-corrected chi connectivity index (χ3v) is 2.44. The number of nitrogens with zero attached hydrogens (tertiary/aromatic N) is 2. The number of thiazole rings is 1. The number of hydrogen-bond acceptors (Lipinski definition) is 5. The van der Waals surface area contributed by atoms with E-state index in [9.17, 15) is 0 Å². The van der Waals surface area contributed by atoms with Crippen molar-refractivity contribution in [2.45, 2.75) is 6.54 Å². The molecule has 0 atom stereocenters. The van der Waals surface area contributed by atoms with E-state index in [4.69, 9.17) is 5.73 Å². The maximum Gasteiger partial charge on any atom is 0.182 e. The highest BCUT2D eigenvalue weighted by Crippen LogP contribution is 2.14. The van der Waals surface area contributed by atoms with Gasteiger partial charge in [0.05, 0.1) is 5.69 Å². The fraction of sp³-hybridized carbons (Fsp3) is 0.625. The Balaban J connectivity index is 2.28. The van der Waals surface area contributed by atoms with E-state index >= 15 is 0 Å². The Morgan fingerprint density at radius 2 is 2.38 bits per heavy atom. The number of anilines is 1. The summed E-state index contributed by atoms with van der Waals surface area (Å²) in [5.41, 5.74) is 6.40. The number of nitrogens with two attached hydrogens (primary N) is 1. The summed E-state index contributed by atoms with van der Waals surface area (Å²) in [6, 6.07) is 0. The van der Waals surface area contributed by atoms with Crippen LogP contribution in [0, 0.1) is 0 Å². The van der Waals surface area contributed by atoms with Crippen LogP contribution in [0.2, 0.25) is 0 Å². The predicted molar refractivity (Wildman–Crippen MR) is 57.0 cm³/mol. The largest absolute Gasteiger partial charge is 0.360 e. The summed E-state index contributed by atoms with van der Waals surface area (Å²) in [5, 5.41) is 6.19. The summed E-state index contributed by atoms with van der Waals surface area (Å²) >= 11 is 1.61. The molecule has 0 fully saturated rings. The molecule has 0 bridgehead atoms. The lowest BCUT2D eigenvalue weighted by Gasteiger charge is -2.08. The second-order valence-corrected chi connectivity index (χ2v) is 3.94. The predicted octanol–water partition coefficient (Wildman–Crippen LogP) is 0.575. The first-order valence-corrected chi connectivity index (χ1v) is 5.13. The maximum absolute atomic E-state index is 5.45. The van der Waals surface area contributed by atoms with Crippen molar-refractivity contribution in [3.8, 4) is 0 Å². The molecule has 0 saturated heterocycles. The van der Waals surface area contributed by atoms with Crippen LogP contribution in [0.5, 0.6) is 0 Å². The van der Waals surface area contributed by atoms with Crippen LogP contribution in [0.4, 0.5) is 5.13 Å². The van der Waals surface area contributed by atoms with Gasteiger partial charge in [-0.1, -0.05) is 0 Å². The van der Waals surface area contributed by atoms with Crippen molar-refractivity contribution < 1.29 is 0 Å². The number of aromatic nitrogens is 1. The molecular weight excluding hydrogens is 184 g/mol. The molecule has 0 aliphatic rings. The molecule has 4 nitrogen and oxygen atoms in total. The van der Waals surface area contributed by atoms with Crippen molar-refractivity contribution >= 4 is 16.5 Å². The minimum absolute atomic E-state index is 0.520. The second kappa shape index (κ2) is 5.16. The van der Waals surface area contributed by atoms with E-state index in [-0.39, 0.29) is 0 Å². The smallest absolute Gasteiger partial charge is 0.182 e. The average Bonchev–Trinajstić information content (AvgIpc) is 2.52. The number of likely N-dealkylation sites (N-methyl/N-ethyl adjacent to an activating group) is 1. The molecule has 1 heterocycles. The summed E-state index contributed by atoms with van der Waals surface area (Å²) in [7, 11) is 4.10. The van der Waals surface area contributed by atoms with Crippen LogP contribution in [0.25, 0.3) is 0 Å². The zero-order valence-corrected chi connectivity index (χ0v) is 8.90. The van der Waals surface area contributed by atoms with Gasteiger partial charge < -0.3 is 16.0 Å². The van der Waals surface area contributed by atoms with Crippen molar-refractivity contribution in [2.24, 2.45) is 5.73 Å². The van der Waals surface area contributed by atoms with Crippen molar-refractivity contribution in [3.63, 3.8) is 0 Å². The minimum atomic E-state index is 0.520. The molecule has 5 heteroatoms. The molecule has 0 spiro atoms. The molecule has 0 unspecified atom stereocenters. The van der Waals surface area contributed by atoms with Gasteiger partial charge in [0.2, 0.25) is 0 Å². The zero-order chi connectivity index (χ0) is 9.68. The summed E-state index contributed by atoms with van der Waals surface area (Å²) in [4.78, 5) is 6.42. The van der Waals surface area contributed by atoms with Crippen LogP contribution < -0.4 is 11.1 Å². The lowest BCUT2D eigenvalue weighted by atomic mass is 10.5. The van der Waals surface area contributed by atoms with Crippen molar-refractivity contribution in [1.82, 2.24) is 9.88 Å². The highest BCUT2D eigenvalue weighted by molar-refractivity contribution is 7.13. The molecule has 0 amide bonds. The third kappa shape index (κ3) is 3.71. The fourth-order valence-electron chi connectivity index (χ4n) is 0.868. The van der Waals surface area contributed by atoms with Crippen LogP contribution in [0.15, 0.2) is 5.38 Å². The Labute approximate surface area is 82.8 Å². The average molecular weight is 200 g/mol. The quantitative estimate of drug-likeness (QED) is 0.730. The molecule has 13 heavy (non-hydrogen) atoms. The molecule has 1 rings (SSSR count). The van der Waals surface area contributed by atoms with E-state index in [2.05, 4.69) is 29.3 Å². The first-order valence-electron chi connectivity index (χ1n) is 4.25. The second-order valence-electron chi connectivity index (χ2n) is 3.08. The Morgan fingerprint density at radius 1 is 1.62 bits per heavy atom. The Bertz CT molecular complexity index is 246. The van der Waals surface area contributed by atoms with Crippen LogP contribution in [0.3, 0.4) is 0 Å². The molecular formula is C8H16N4S. The van der Waals surface area contributed by atoms with Crippen LogP contribution in [-0.4, -0.2) is 37.1 Å². The topological polar surface area (TPSA) is 54.2 Å². The third-order valence-electron chi connectivity index (χ3n) is 1.60. The van der Waals surface area contributed by atoms with E-state index in [1.54, 1.807) is 11.3 Å². The normalized spacial score (nSPS) is 10.8. The van der Waals surface area contributed by atoms with E-state index < -0.39 is 0 Å². The molecule has 74 valence electrons. The fourth-order valence-corrected chi connectivity index (χ4v) is 1.62. The molecule has 0 radical (unpaired) electrons. The molecule has 1 aromatic heterocycles. The van der Waals surface area contributed by atoms with Crippen LogP contribution >= 0.6 is 11.3 Å². The monoisotopic (exact) mass is 200 g/mol. The minimum Gasteiger partial charge on any atom is -0.360 e. The maximum atomic E-state index is 5.45. The first-order chi connectivity index (χ1) is 6.22. The van der Waals surface area contributed by atoms with E-state index in [1.807, 2.05) is 5.38 Å².